The molecule has 0 amide bonds. The van der Waals surface area contributed by atoms with Crippen molar-refractivity contribution < 1.29 is 14.6 Å². The fourth-order valence-electron chi connectivity index (χ4n) is 4.24. The van der Waals surface area contributed by atoms with Gasteiger partial charge in [-0.3, -0.25) is 5.41 Å². The van der Waals surface area contributed by atoms with E-state index in [2.05, 4.69) is 51.5 Å². The van der Waals surface area contributed by atoms with Crippen LogP contribution in [0.2, 0.25) is 5.02 Å². The van der Waals surface area contributed by atoms with Crippen LogP contribution in [-0.4, -0.2) is 65.4 Å². The standard InChI is InChI=1S/C25H30ClN9O3/c1-25(2,3)18(31-15-6-8-37-17(15)13-36)9-19(27)32-24-33-23-22(34(24)4)21(26)16(11-29-23)38-14-10-28-20-5-7-30-35(20)12-14/h5,7,9-12,15,17,31,36H,6,8,13H2,1-4H3,(H2,27,29,32,33)/b18-9-/t15-,17+/m0/s1. The molecular formula is C25H30ClN9O3. The highest BCUT2D eigenvalue weighted by Gasteiger charge is 2.30. The first-order valence-electron chi connectivity index (χ1n) is 12.2. The van der Waals surface area contributed by atoms with E-state index in [1.165, 1.54) is 6.20 Å². The fraction of sp³-hybridized carbons (Fsp3) is 0.400. The van der Waals surface area contributed by atoms with Crippen LogP contribution in [0.1, 0.15) is 27.2 Å². The molecular weight excluding hydrogens is 510 g/mol. The van der Waals surface area contributed by atoms with E-state index in [0.29, 0.717) is 45.9 Å². The summed E-state index contributed by atoms with van der Waals surface area (Å²) in [5, 5.41) is 29.2. The van der Waals surface area contributed by atoms with Gasteiger partial charge in [-0.05, 0) is 12.5 Å². The third-order valence-electron chi connectivity index (χ3n) is 6.33. The van der Waals surface area contributed by atoms with E-state index in [1.807, 2.05) is 0 Å². The minimum absolute atomic E-state index is 0.0281. The van der Waals surface area contributed by atoms with Crippen LogP contribution in [0.5, 0.6) is 11.5 Å². The topological polar surface area (TPSA) is 148 Å². The monoisotopic (exact) mass is 539 g/mol. The minimum Gasteiger partial charge on any atom is -0.451 e. The Kier molecular flexibility index (Phi) is 6.95. The van der Waals surface area contributed by atoms with E-state index in [4.69, 9.17) is 26.5 Å². The lowest BCUT2D eigenvalue weighted by atomic mass is 9.90. The van der Waals surface area contributed by atoms with Gasteiger partial charge in [-0.2, -0.15) is 10.1 Å². The molecule has 2 atom stereocenters. The summed E-state index contributed by atoms with van der Waals surface area (Å²) in [7, 11) is 1.79. The van der Waals surface area contributed by atoms with Gasteiger partial charge < -0.3 is 29.8 Å². The summed E-state index contributed by atoms with van der Waals surface area (Å²) in [6.45, 7) is 6.70. The van der Waals surface area contributed by atoms with E-state index >= 15 is 0 Å². The average molecular weight is 540 g/mol. The van der Waals surface area contributed by atoms with Crippen molar-refractivity contribution in [2.45, 2.75) is 39.3 Å². The Balaban J connectivity index is 1.38. The number of aliphatic hydroxyl groups is 1. The van der Waals surface area contributed by atoms with Crippen molar-refractivity contribution >= 4 is 40.2 Å². The molecule has 0 saturated carbocycles. The van der Waals surface area contributed by atoms with Crippen LogP contribution >= 0.6 is 11.6 Å². The third kappa shape index (κ3) is 5.15. The molecule has 0 aromatic carbocycles. The summed E-state index contributed by atoms with van der Waals surface area (Å²) < 4.78 is 14.9. The van der Waals surface area contributed by atoms with Crippen LogP contribution in [0, 0.1) is 10.8 Å². The van der Waals surface area contributed by atoms with Crippen molar-refractivity contribution in [1.29, 1.82) is 5.41 Å². The molecule has 0 radical (unpaired) electrons. The van der Waals surface area contributed by atoms with Crippen molar-refractivity contribution in [2.24, 2.45) is 12.5 Å². The Bertz CT molecular complexity index is 1520. The number of halogens is 1. The molecule has 13 heteroatoms. The van der Waals surface area contributed by atoms with Crippen LogP contribution in [0.4, 0.5) is 5.95 Å². The molecule has 200 valence electrons. The fourth-order valence-corrected chi connectivity index (χ4v) is 4.54. The number of aryl methyl sites for hydroxylation is 1. The summed E-state index contributed by atoms with van der Waals surface area (Å²) >= 11 is 6.71. The Morgan fingerprint density at radius 3 is 2.92 bits per heavy atom. The maximum Gasteiger partial charge on any atom is 0.210 e. The zero-order valence-corrected chi connectivity index (χ0v) is 22.3. The van der Waals surface area contributed by atoms with Crippen molar-refractivity contribution in [2.75, 3.05) is 18.5 Å². The number of anilines is 1. The van der Waals surface area contributed by atoms with Crippen LogP contribution in [0.25, 0.3) is 16.8 Å². The largest absolute Gasteiger partial charge is 0.451 e. The van der Waals surface area contributed by atoms with Crippen molar-refractivity contribution in [1.82, 2.24) is 34.4 Å². The maximum atomic E-state index is 9.60. The highest BCUT2D eigenvalue weighted by Crippen LogP contribution is 2.35. The predicted octanol–water partition coefficient (Wildman–Crippen LogP) is 3.52. The highest BCUT2D eigenvalue weighted by atomic mass is 35.5. The van der Waals surface area contributed by atoms with Gasteiger partial charge in [0.15, 0.2) is 22.8 Å². The zero-order chi connectivity index (χ0) is 27.0. The van der Waals surface area contributed by atoms with Gasteiger partial charge in [0.05, 0.1) is 37.4 Å². The minimum atomic E-state index is -0.274. The van der Waals surface area contributed by atoms with Gasteiger partial charge in [-0.15, -0.1) is 0 Å². The molecule has 38 heavy (non-hydrogen) atoms. The number of allylic oxidation sites excluding steroid dienone is 1. The van der Waals surface area contributed by atoms with Crippen molar-refractivity contribution in [3.8, 4) is 11.5 Å². The van der Waals surface area contributed by atoms with Gasteiger partial charge in [-0.25, -0.2) is 14.5 Å². The molecule has 5 heterocycles. The molecule has 1 fully saturated rings. The maximum absolute atomic E-state index is 9.60. The van der Waals surface area contributed by atoms with Crippen molar-refractivity contribution in [3.63, 3.8) is 0 Å². The summed E-state index contributed by atoms with van der Waals surface area (Å²) in [5.41, 5.74) is 2.24. The highest BCUT2D eigenvalue weighted by molar-refractivity contribution is 6.36. The smallest absolute Gasteiger partial charge is 0.210 e. The lowest BCUT2D eigenvalue weighted by Crippen LogP contribution is -2.41. The number of fused-ring (bicyclic) bond motifs is 2. The number of aliphatic hydroxyl groups excluding tert-OH is 1. The van der Waals surface area contributed by atoms with E-state index < -0.39 is 0 Å². The quantitative estimate of drug-likeness (QED) is 0.204. The Morgan fingerprint density at radius 2 is 2.16 bits per heavy atom. The number of aromatic nitrogens is 6. The number of ether oxygens (including phenoxy) is 2. The van der Waals surface area contributed by atoms with Gasteiger partial charge in [0.2, 0.25) is 5.95 Å². The summed E-state index contributed by atoms with van der Waals surface area (Å²) in [4.78, 5) is 13.2. The van der Waals surface area contributed by atoms with Crippen LogP contribution in [-0.2, 0) is 11.8 Å². The predicted molar refractivity (Wildman–Crippen MR) is 144 cm³/mol. The van der Waals surface area contributed by atoms with Gasteiger partial charge in [-0.1, -0.05) is 32.4 Å². The summed E-state index contributed by atoms with van der Waals surface area (Å²) in [5.74, 6) is 1.33. The average Bonchev–Trinajstić information content (AvgIpc) is 3.59. The SMILES string of the molecule is Cn1c(NC(=N)/C=C(\N[C@H]2CCO[C@@H]2CO)C(C)(C)C)nc2ncc(Oc3cnc4ccnn4c3)c(Cl)c21. The molecule has 12 nitrogen and oxygen atoms in total. The Morgan fingerprint density at radius 1 is 1.34 bits per heavy atom. The van der Waals surface area contributed by atoms with E-state index in [1.54, 1.807) is 46.9 Å². The zero-order valence-electron chi connectivity index (χ0n) is 21.6. The summed E-state index contributed by atoms with van der Waals surface area (Å²) in [6, 6.07) is 1.76. The summed E-state index contributed by atoms with van der Waals surface area (Å²) in [6.07, 6.45) is 8.68. The number of imidazole rings is 1. The number of nitrogens with zero attached hydrogens (tertiary/aromatic N) is 6. The first kappa shape index (κ1) is 25.9. The Labute approximate surface area is 224 Å². The van der Waals surface area contributed by atoms with Gasteiger partial charge in [0, 0.05) is 30.8 Å². The number of amidine groups is 1. The second-order valence-electron chi connectivity index (χ2n) is 10.1. The van der Waals surface area contributed by atoms with Gasteiger partial charge in [0.25, 0.3) is 0 Å². The normalized spacial score (nSPS) is 18.3. The molecule has 0 spiro atoms. The molecule has 1 aliphatic rings. The lowest BCUT2D eigenvalue weighted by molar-refractivity contribution is 0.0483. The van der Waals surface area contributed by atoms with E-state index in [9.17, 15) is 5.11 Å². The molecule has 4 aromatic heterocycles. The van der Waals surface area contributed by atoms with Crippen LogP contribution in [0.3, 0.4) is 0 Å². The Hall–Kier alpha value is -3.74. The number of hydrogen-bond acceptors (Lipinski definition) is 9. The van der Waals surface area contributed by atoms with Crippen molar-refractivity contribution in [3.05, 3.63) is 47.6 Å². The first-order chi connectivity index (χ1) is 18.1. The lowest BCUT2D eigenvalue weighted by Gasteiger charge is -2.29. The second-order valence-corrected chi connectivity index (χ2v) is 10.5. The number of hydrogen-bond donors (Lipinski definition) is 4. The molecule has 1 saturated heterocycles. The molecule has 5 rings (SSSR count). The molecule has 0 bridgehead atoms. The molecule has 4 aromatic rings. The molecule has 0 aliphatic carbocycles. The third-order valence-corrected chi connectivity index (χ3v) is 6.69. The van der Waals surface area contributed by atoms with Crippen LogP contribution < -0.4 is 15.4 Å². The number of nitrogens with one attached hydrogen (secondary N) is 3. The van der Waals surface area contributed by atoms with E-state index in [0.717, 1.165) is 12.1 Å². The van der Waals surface area contributed by atoms with Gasteiger partial charge in [0.1, 0.15) is 22.5 Å². The second kappa shape index (κ2) is 10.2. The first-order valence-corrected chi connectivity index (χ1v) is 12.6. The molecule has 0 unspecified atom stereocenters. The van der Waals surface area contributed by atoms with Gasteiger partial charge >= 0.3 is 0 Å². The molecule has 4 N–H and O–H groups in total. The van der Waals surface area contributed by atoms with E-state index in [-0.39, 0.29) is 30.0 Å². The van der Waals surface area contributed by atoms with Crippen LogP contribution in [0.15, 0.2) is 42.6 Å². The number of pyridine rings is 1. The number of rotatable bonds is 7. The molecule has 1 aliphatic heterocycles.